The first-order valence-electron chi connectivity index (χ1n) is 5.84. The molecule has 0 saturated heterocycles. The van der Waals surface area contributed by atoms with E-state index in [4.69, 9.17) is 10.00 Å². The number of benzene rings is 2. The number of nitrogens with one attached hydrogen (secondary N) is 1. The lowest BCUT2D eigenvalue weighted by atomic mass is 10.1. The van der Waals surface area contributed by atoms with Crippen molar-refractivity contribution in [3.05, 3.63) is 57.9 Å². The third kappa shape index (κ3) is 3.06. The summed E-state index contributed by atoms with van der Waals surface area (Å²) in [6.07, 6.45) is 0. The molecule has 7 heteroatoms. The maximum atomic E-state index is 13.6. The molecular weight excluding hydrogens is 277 g/mol. The van der Waals surface area contributed by atoms with E-state index in [1.165, 1.54) is 37.4 Å². The van der Waals surface area contributed by atoms with Gasteiger partial charge in [0.1, 0.15) is 11.6 Å². The Bertz CT molecular complexity index is 741. The number of nitrogens with zero attached hydrogens (tertiary/aromatic N) is 2. The molecule has 0 saturated carbocycles. The van der Waals surface area contributed by atoms with Crippen LogP contribution in [-0.2, 0) is 0 Å². The molecule has 0 spiro atoms. The number of nitro benzene ring substituents is 1. The van der Waals surface area contributed by atoms with Crippen molar-refractivity contribution in [1.82, 2.24) is 0 Å². The van der Waals surface area contributed by atoms with Crippen molar-refractivity contribution in [2.75, 3.05) is 12.4 Å². The van der Waals surface area contributed by atoms with Crippen molar-refractivity contribution in [2.45, 2.75) is 0 Å². The fourth-order valence-corrected chi connectivity index (χ4v) is 1.77. The van der Waals surface area contributed by atoms with E-state index in [-0.39, 0.29) is 17.0 Å². The van der Waals surface area contributed by atoms with Gasteiger partial charge in [-0.25, -0.2) is 4.39 Å². The monoisotopic (exact) mass is 287 g/mol. The van der Waals surface area contributed by atoms with E-state index in [1.54, 1.807) is 12.1 Å². The van der Waals surface area contributed by atoms with Crippen LogP contribution in [-0.4, -0.2) is 12.0 Å². The fourth-order valence-electron chi connectivity index (χ4n) is 1.77. The molecule has 2 rings (SSSR count). The Morgan fingerprint density at radius 2 is 1.95 bits per heavy atom. The molecule has 2 aromatic rings. The lowest BCUT2D eigenvalue weighted by Crippen LogP contribution is -1.96. The summed E-state index contributed by atoms with van der Waals surface area (Å²) >= 11 is 0. The van der Waals surface area contributed by atoms with Gasteiger partial charge in [-0.15, -0.1) is 0 Å². The first kappa shape index (κ1) is 14.3. The van der Waals surface area contributed by atoms with Gasteiger partial charge in [-0.05, 0) is 24.3 Å². The van der Waals surface area contributed by atoms with Crippen LogP contribution in [0.3, 0.4) is 0 Å². The molecule has 0 aliphatic heterocycles. The first-order valence-corrected chi connectivity index (χ1v) is 5.84. The van der Waals surface area contributed by atoms with Gasteiger partial charge in [-0.1, -0.05) is 0 Å². The zero-order valence-electron chi connectivity index (χ0n) is 11.0. The van der Waals surface area contributed by atoms with Gasteiger partial charge >= 0.3 is 0 Å². The van der Waals surface area contributed by atoms with E-state index < -0.39 is 10.7 Å². The van der Waals surface area contributed by atoms with Crippen LogP contribution in [0.4, 0.5) is 21.5 Å². The van der Waals surface area contributed by atoms with Gasteiger partial charge in [0.2, 0.25) is 0 Å². The Morgan fingerprint density at radius 3 is 2.52 bits per heavy atom. The molecule has 106 valence electrons. The summed E-state index contributed by atoms with van der Waals surface area (Å²) in [5, 5.41) is 22.5. The van der Waals surface area contributed by atoms with Gasteiger partial charge in [-0.3, -0.25) is 10.1 Å². The van der Waals surface area contributed by atoms with Crippen LogP contribution >= 0.6 is 0 Å². The van der Waals surface area contributed by atoms with Gasteiger partial charge < -0.3 is 10.1 Å². The maximum absolute atomic E-state index is 13.6. The summed E-state index contributed by atoms with van der Waals surface area (Å²) in [7, 11) is 1.36. The summed E-state index contributed by atoms with van der Waals surface area (Å²) in [5.74, 6) is -0.424. The van der Waals surface area contributed by atoms with Crippen LogP contribution in [0.5, 0.6) is 5.75 Å². The Morgan fingerprint density at radius 1 is 1.29 bits per heavy atom. The minimum absolute atomic E-state index is 0.0704. The Labute approximate surface area is 119 Å². The first-order chi connectivity index (χ1) is 10.0. The van der Waals surface area contributed by atoms with Crippen molar-refractivity contribution in [2.24, 2.45) is 0 Å². The maximum Gasteiger partial charge on any atom is 0.287 e. The zero-order chi connectivity index (χ0) is 15.4. The van der Waals surface area contributed by atoms with Crippen molar-refractivity contribution in [3.63, 3.8) is 0 Å². The number of ether oxygens (including phenoxy) is 1. The average molecular weight is 287 g/mol. The third-order valence-corrected chi connectivity index (χ3v) is 2.75. The number of anilines is 2. The zero-order valence-corrected chi connectivity index (χ0v) is 11.0. The van der Waals surface area contributed by atoms with Crippen molar-refractivity contribution in [3.8, 4) is 11.8 Å². The predicted octanol–water partition coefficient (Wildman–Crippen LogP) is 3.36. The molecule has 1 N–H and O–H groups in total. The van der Waals surface area contributed by atoms with Crippen LogP contribution in [0, 0.1) is 27.3 Å². The number of nitro groups is 1. The second-order valence-electron chi connectivity index (χ2n) is 4.08. The lowest BCUT2D eigenvalue weighted by Gasteiger charge is -2.08. The summed E-state index contributed by atoms with van der Waals surface area (Å²) in [4.78, 5) is 10.1. The van der Waals surface area contributed by atoms with Crippen LogP contribution in [0.1, 0.15) is 5.56 Å². The Hall–Kier alpha value is -3.14. The van der Waals surface area contributed by atoms with Crippen molar-refractivity contribution >= 4 is 17.1 Å². The molecule has 0 aliphatic rings. The molecule has 0 unspecified atom stereocenters. The topological polar surface area (TPSA) is 88.2 Å². The van der Waals surface area contributed by atoms with Gasteiger partial charge in [0, 0.05) is 23.5 Å². The molecule has 0 fully saturated rings. The van der Waals surface area contributed by atoms with Crippen LogP contribution in [0.15, 0.2) is 36.4 Å². The molecule has 0 atom stereocenters. The van der Waals surface area contributed by atoms with Gasteiger partial charge in [0.15, 0.2) is 11.6 Å². The molecule has 0 amide bonds. The van der Waals surface area contributed by atoms with Gasteiger partial charge in [-0.2, -0.15) is 5.26 Å². The normalized spacial score (nSPS) is 9.76. The Balaban J connectivity index is 2.30. The number of hydrogen-bond donors (Lipinski definition) is 1. The van der Waals surface area contributed by atoms with Gasteiger partial charge in [0.05, 0.1) is 12.0 Å². The Kier molecular flexibility index (Phi) is 4.00. The number of halogens is 1. The van der Waals surface area contributed by atoms with Crippen molar-refractivity contribution < 1.29 is 14.1 Å². The summed E-state index contributed by atoms with van der Waals surface area (Å²) in [5.41, 5.74) is 0.538. The molecule has 0 bridgehead atoms. The minimum Gasteiger partial charge on any atom is -0.494 e. The number of methoxy groups -OCH3 is 1. The van der Waals surface area contributed by atoms with Crippen molar-refractivity contribution in [1.29, 1.82) is 5.26 Å². The van der Waals surface area contributed by atoms with Gasteiger partial charge in [0.25, 0.3) is 5.69 Å². The molecule has 21 heavy (non-hydrogen) atoms. The summed E-state index contributed by atoms with van der Waals surface area (Å²) < 4.78 is 18.4. The second-order valence-corrected chi connectivity index (χ2v) is 4.08. The highest BCUT2D eigenvalue weighted by atomic mass is 19.1. The highest BCUT2D eigenvalue weighted by Gasteiger charge is 2.14. The molecule has 0 aliphatic carbocycles. The summed E-state index contributed by atoms with van der Waals surface area (Å²) in [6.45, 7) is 0. The van der Waals surface area contributed by atoms with E-state index >= 15 is 0 Å². The van der Waals surface area contributed by atoms with E-state index in [1.807, 2.05) is 0 Å². The predicted molar refractivity (Wildman–Crippen MR) is 74.0 cm³/mol. The SMILES string of the molecule is COc1ccc(Nc2ccc([N+](=O)[O-])c(C#N)c2)cc1F. The largest absolute Gasteiger partial charge is 0.494 e. The molecule has 0 radical (unpaired) electrons. The number of hydrogen-bond acceptors (Lipinski definition) is 5. The molecular formula is C14H10FN3O3. The van der Waals surface area contributed by atoms with E-state index in [2.05, 4.69) is 5.32 Å². The molecule has 6 nitrogen and oxygen atoms in total. The smallest absolute Gasteiger partial charge is 0.287 e. The lowest BCUT2D eigenvalue weighted by molar-refractivity contribution is -0.385. The van der Waals surface area contributed by atoms with Crippen LogP contribution < -0.4 is 10.1 Å². The van der Waals surface area contributed by atoms with E-state index in [9.17, 15) is 14.5 Å². The fraction of sp³-hybridized carbons (Fsp3) is 0.0714. The standard InChI is InChI=1S/C14H10FN3O3/c1-21-14-5-3-11(7-12(14)15)17-10-2-4-13(18(19)20)9(6-10)8-16/h2-7,17H,1H3. The minimum atomic E-state index is -0.630. The second kappa shape index (κ2) is 5.88. The quantitative estimate of drug-likeness (QED) is 0.688. The molecule has 0 aromatic heterocycles. The van der Waals surface area contributed by atoms with E-state index in [0.29, 0.717) is 11.4 Å². The number of nitriles is 1. The average Bonchev–Trinajstić information content (AvgIpc) is 2.47. The molecule has 2 aromatic carbocycles. The van der Waals surface area contributed by atoms with Crippen LogP contribution in [0.2, 0.25) is 0 Å². The molecule has 0 heterocycles. The highest BCUT2D eigenvalue weighted by Crippen LogP contribution is 2.26. The van der Waals surface area contributed by atoms with E-state index in [0.717, 1.165) is 0 Å². The highest BCUT2D eigenvalue weighted by molar-refractivity contribution is 5.65. The number of rotatable bonds is 4. The summed E-state index contributed by atoms with van der Waals surface area (Å²) in [6, 6.07) is 10.0. The van der Waals surface area contributed by atoms with Crippen LogP contribution in [0.25, 0.3) is 0 Å². The third-order valence-electron chi connectivity index (χ3n) is 2.75.